The van der Waals surface area contributed by atoms with Crippen molar-refractivity contribution in [2.24, 2.45) is 7.05 Å². The number of aromatic nitrogens is 6. The summed E-state index contributed by atoms with van der Waals surface area (Å²) in [6.45, 7) is 2.40. The Kier molecular flexibility index (Phi) is 4.37. The lowest BCUT2D eigenvalue weighted by Gasteiger charge is -2.35. The summed E-state index contributed by atoms with van der Waals surface area (Å²) in [6.07, 6.45) is 6.72. The maximum Gasteiger partial charge on any atom is 0.274 e. The van der Waals surface area contributed by atoms with E-state index in [0.717, 1.165) is 11.6 Å². The standard InChI is InChI=1S/C17H18N8O2/c1-22-16(26)3-2-13(21-22)17(27)24-8-6-23(7-9-24)14-10-15(20-11-19-14)25-5-4-18-12-25/h2-5,10-12H,6-9H2,1H3. The Hall–Kier alpha value is -3.56. The normalized spacial score (nSPS) is 14.4. The lowest BCUT2D eigenvalue weighted by Crippen LogP contribution is -2.49. The summed E-state index contributed by atoms with van der Waals surface area (Å²) in [5.41, 5.74) is 0.0313. The topological polar surface area (TPSA) is 102 Å². The van der Waals surface area contributed by atoms with Crippen LogP contribution in [0.4, 0.5) is 5.82 Å². The summed E-state index contributed by atoms with van der Waals surface area (Å²) in [5.74, 6) is 1.37. The van der Waals surface area contributed by atoms with E-state index < -0.39 is 0 Å². The van der Waals surface area contributed by atoms with E-state index in [4.69, 9.17) is 0 Å². The molecule has 0 aliphatic carbocycles. The zero-order valence-electron chi connectivity index (χ0n) is 14.8. The summed E-state index contributed by atoms with van der Waals surface area (Å²) in [5, 5.41) is 4.04. The van der Waals surface area contributed by atoms with Crippen LogP contribution in [0, 0.1) is 0 Å². The fraction of sp³-hybridized carbons (Fsp3) is 0.294. The monoisotopic (exact) mass is 366 g/mol. The van der Waals surface area contributed by atoms with Crippen LogP contribution in [0.2, 0.25) is 0 Å². The maximum absolute atomic E-state index is 12.6. The summed E-state index contributed by atoms with van der Waals surface area (Å²) >= 11 is 0. The van der Waals surface area contributed by atoms with E-state index >= 15 is 0 Å². The Bertz CT molecular complexity index is 1010. The number of rotatable bonds is 3. The van der Waals surface area contributed by atoms with E-state index in [1.807, 2.05) is 16.8 Å². The van der Waals surface area contributed by atoms with Gasteiger partial charge in [-0.25, -0.2) is 19.6 Å². The fourth-order valence-corrected chi connectivity index (χ4v) is 2.96. The van der Waals surface area contributed by atoms with Gasteiger partial charge in [0.05, 0.1) is 0 Å². The van der Waals surface area contributed by atoms with Crippen molar-refractivity contribution < 1.29 is 4.79 Å². The first-order chi connectivity index (χ1) is 13.1. The molecule has 0 radical (unpaired) electrons. The molecule has 0 spiro atoms. The molecule has 0 bridgehead atoms. The number of nitrogens with zero attached hydrogens (tertiary/aromatic N) is 8. The van der Waals surface area contributed by atoms with E-state index in [2.05, 4.69) is 25.0 Å². The molecular formula is C17H18N8O2. The zero-order valence-corrected chi connectivity index (χ0v) is 14.8. The third kappa shape index (κ3) is 3.41. The molecule has 138 valence electrons. The number of hydrogen-bond donors (Lipinski definition) is 0. The van der Waals surface area contributed by atoms with E-state index in [1.165, 1.54) is 30.2 Å². The molecule has 1 aliphatic heterocycles. The molecule has 27 heavy (non-hydrogen) atoms. The molecule has 4 rings (SSSR count). The minimum absolute atomic E-state index is 0.174. The Morgan fingerprint density at radius 2 is 1.85 bits per heavy atom. The number of anilines is 1. The Balaban J connectivity index is 1.44. The van der Waals surface area contributed by atoms with E-state index in [9.17, 15) is 9.59 Å². The second-order valence-electron chi connectivity index (χ2n) is 6.16. The summed E-state index contributed by atoms with van der Waals surface area (Å²) in [4.78, 5) is 40.5. The van der Waals surface area contributed by atoms with Crippen LogP contribution in [-0.2, 0) is 7.05 Å². The predicted octanol–water partition coefficient (Wildman–Crippen LogP) is -0.282. The molecule has 10 heteroatoms. The summed E-state index contributed by atoms with van der Waals surface area (Å²) in [6, 6.07) is 4.72. The Labute approximate surface area is 154 Å². The van der Waals surface area contributed by atoms with Crippen LogP contribution in [0.15, 0.2) is 48.0 Å². The van der Waals surface area contributed by atoms with Crippen molar-refractivity contribution >= 4 is 11.7 Å². The van der Waals surface area contributed by atoms with Gasteiger partial charge in [-0.2, -0.15) is 5.10 Å². The molecule has 3 aromatic rings. The van der Waals surface area contributed by atoms with Crippen molar-refractivity contribution in [3.63, 3.8) is 0 Å². The molecule has 1 amide bonds. The lowest BCUT2D eigenvalue weighted by molar-refractivity contribution is 0.0738. The molecule has 3 aromatic heterocycles. The first kappa shape index (κ1) is 16.9. The van der Waals surface area contributed by atoms with Crippen molar-refractivity contribution in [1.82, 2.24) is 34.2 Å². The van der Waals surface area contributed by atoms with Crippen LogP contribution >= 0.6 is 0 Å². The number of carbonyl (C=O) groups excluding carboxylic acids is 1. The van der Waals surface area contributed by atoms with E-state index in [-0.39, 0.29) is 17.2 Å². The molecule has 0 unspecified atom stereocenters. The van der Waals surface area contributed by atoms with Crippen molar-refractivity contribution in [3.05, 3.63) is 59.3 Å². The lowest BCUT2D eigenvalue weighted by atomic mass is 10.2. The van der Waals surface area contributed by atoms with Crippen LogP contribution in [0.3, 0.4) is 0 Å². The highest BCUT2D eigenvalue weighted by molar-refractivity contribution is 5.92. The third-order valence-electron chi connectivity index (χ3n) is 4.48. The van der Waals surface area contributed by atoms with Gasteiger partial charge in [0.1, 0.15) is 30.0 Å². The number of carbonyl (C=O) groups is 1. The van der Waals surface area contributed by atoms with Crippen LogP contribution < -0.4 is 10.5 Å². The molecule has 0 aromatic carbocycles. The average molecular weight is 366 g/mol. The van der Waals surface area contributed by atoms with Crippen molar-refractivity contribution in [2.45, 2.75) is 0 Å². The molecule has 1 fully saturated rings. The fourth-order valence-electron chi connectivity index (χ4n) is 2.96. The van der Waals surface area contributed by atoms with Gasteiger partial charge in [0.25, 0.3) is 11.5 Å². The summed E-state index contributed by atoms with van der Waals surface area (Å²) < 4.78 is 2.98. The minimum Gasteiger partial charge on any atom is -0.353 e. The number of amides is 1. The van der Waals surface area contributed by atoms with Crippen LogP contribution in [0.25, 0.3) is 5.82 Å². The number of piperazine rings is 1. The Morgan fingerprint density at radius 3 is 2.56 bits per heavy atom. The highest BCUT2D eigenvalue weighted by atomic mass is 16.2. The maximum atomic E-state index is 12.6. The van der Waals surface area contributed by atoms with Gasteiger partial charge in [-0.05, 0) is 6.07 Å². The molecule has 1 aliphatic rings. The quantitative estimate of drug-likeness (QED) is 0.628. The molecule has 0 atom stereocenters. The van der Waals surface area contributed by atoms with Crippen molar-refractivity contribution in [1.29, 1.82) is 0 Å². The Morgan fingerprint density at radius 1 is 1.07 bits per heavy atom. The second-order valence-corrected chi connectivity index (χ2v) is 6.16. The van der Waals surface area contributed by atoms with Gasteiger partial charge in [-0.3, -0.25) is 14.2 Å². The molecule has 10 nitrogen and oxygen atoms in total. The van der Waals surface area contributed by atoms with Crippen LogP contribution in [-0.4, -0.2) is 66.3 Å². The summed E-state index contributed by atoms with van der Waals surface area (Å²) in [7, 11) is 1.53. The second kappa shape index (κ2) is 6.98. The van der Waals surface area contributed by atoms with Gasteiger partial charge in [-0.1, -0.05) is 0 Å². The van der Waals surface area contributed by atoms with E-state index in [0.29, 0.717) is 26.2 Å². The van der Waals surface area contributed by atoms with Gasteiger partial charge in [0.15, 0.2) is 0 Å². The smallest absolute Gasteiger partial charge is 0.274 e. The van der Waals surface area contributed by atoms with Crippen molar-refractivity contribution in [3.8, 4) is 5.82 Å². The number of aryl methyl sites for hydroxylation is 1. The molecular weight excluding hydrogens is 348 g/mol. The molecule has 4 heterocycles. The van der Waals surface area contributed by atoms with Gasteiger partial charge >= 0.3 is 0 Å². The van der Waals surface area contributed by atoms with Crippen LogP contribution in [0.5, 0.6) is 0 Å². The van der Waals surface area contributed by atoms with Crippen LogP contribution in [0.1, 0.15) is 10.5 Å². The SMILES string of the molecule is Cn1nc(C(=O)N2CCN(c3cc(-n4ccnc4)ncn3)CC2)ccc1=O. The molecule has 0 saturated carbocycles. The van der Waals surface area contributed by atoms with Crippen molar-refractivity contribution in [2.75, 3.05) is 31.1 Å². The van der Waals surface area contributed by atoms with Gasteiger partial charge < -0.3 is 9.80 Å². The number of imidazole rings is 1. The highest BCUT2D eigenvalue weighted by Crippen LogP contribution is 2.16. The first-order valence-electron chi connectivity index (χ1n) is 8.51. The highest BCUT2D eigenvalue weighted by Gasteiger charge is 2.24. The minimum atomic E-state index is -0.242. The number of hydrogen-bond acceptors (Lipinski definition) is 7. The van der Waals surface area contributed by atoms with Gasteiger partial charge in [0, 0.05) is 57.8 Å². The molecule has 1 saturated heterocycles. The van der Waals surface area contributed by atoms with E-state index in [1.54, 1.807) is 17.4 Å². The molecule has 0 N–H and O–H groups in total. The third-order valence-corrected chi connectivity index (χ3v) is 4.48. The largest absolute Gasteiger partial charge is 0.353 e. The van der Waals surface area contributed by atoms with Gasteiger partial charge in [0.2, 0.25) is 0 Å². The van der Waals surface area contributed by atoms with Gasteiger partial charge in [-0.15, -0.1) is 0 Å². The average Bonchev–Trinajstić information content (AvgIpc) is 3.25. The first-order valence-corrected chi connectivity index (χ1v) is 8.51. The predicted molar refractivity (Wildman–Crippen MR) is 96.7 cm³/mol. The zero-order chi connectivity index (χ0) is 18.8.